The van der Waals surface area contributed by atoms with Crippen molar-refractivity contribution in [2.75, 3.05) is 25.2 Å². The van der Waals surface area contributed by atoms with Crippen molar-refractivity contribution < 1.29 is 9.53 Å². The fraction of sp³-hybridized carbons (Fsp3) is 0.333. The summed E-state index contributed by atoms with van der Waals surface area (Å²) < 4.78 is 6.33. The molecule has 1 aliphatic rings. The Bertz CT molecular complexity index is 903. The molecule has 26 heavy (non-hydrogen) atoms. The number of fused-ring (bicyclic) bond motifs is 1. The minimum atomic E-state index is 0.0416. The number of hydrogen-bond donors (Lipinski definition) is 0. The Morgan fingerprint density at radius 1 is 1.23 bits per heavy atom. The second-order valence-corrected chi connectivity index (χ2v) is 7.76. The van der Waals surface area contributed by atoms with E-state index < -0.39 is 0 Å². The van der Waals surface area contributed by atoms with Crippen molar-refractivity contribution in [1.82, 2.24) is 4.98 Å². The van der Waals surface area contributed by atoms with E-state index in [1.165, 1.54) is 11.1 Å². The van der Waals surface area contributed by atoms with Crippen LogP contribution in [0, 0.1) is 12.8 Å². The lowest BCUT2D eigenvalue weighted by Gasteiger charge is -2.19. The van der Waals surface area contributed by atoms with Gasteiger partial charge in [0, 0.05) is 13.0 Å². The number of aryl methyl sites for hydroxylation is 1. The molecule has 1 aliphatic carbocycles. The molecule has 1 fully saturated rings. The second-order valence-electron chi connectivity index (χ2n) is 6.75. The molecule has 3 aromatic rings. The highest BCUT2D eigenvalue weighted by molar-refractivity contribution is 7.22. The number of thiazole rings is 1. The Labute approximate surface area is 157 Å². The fourth-order valence-corrected chi connectivity index (χ4v) is 4.47. The lowest BCUT2D eigenvalue weighted by Crippen LogP contribution is -2.35. The van der Waals surface area contributed by atoms with Crippen LogP contribution >= 0.6 is 11.3 Å². The van der Waals surface area contributed by atoms with E-state index in [1.807, 2.05) is 35.2 Å². The van der Waals surface area contributed by atoms with Crippen LogP contribution in [0.5, 0.6) is 0 Å². The molecule has 0 saturated heterocycles. The number of rotatable bonds is 6. The van der Waals surface area contributed by atoms with Gasteiger partial charge in [-0.05, 0) is 42.5 Å². The first-order valence-electron chi connectivity index (χ1n) is 8.90. The quantitative estimate of drug-likeness (QED) is 0.650. The molecule has 0 N–H and O–H groups in total. The molecule has 0 spiro atoms. The molecule has 1 heterocycles. The van der Waals surface area contributed by atoms with E-state index in [9.17, 15) is 4.79 Å². The van der Waals surface area contributed by atoms with Crippen LogP contribution in [0.4, 0.5) is 5.13 Å². The molecule has 134 valence electrons. The van der Waals surface area contributed by atoms with Gasteiger partial charge in [0.2, 0.25) is 5.91 Å². The van der Waals surface area contributed by atoms with Crippen LogP contribution in [0.1, 0.15) is 23.5 Å². The Kier molecular flexibility index (Phi) is 4.74. The van der Waals surface area contributed by atoms with Crippen LogP contribution in [0.3, 0.4) is 0 Å². The Morgan fingerprint density at radius 3 is 2.77 bits per heavy atom. The van der Waals surface area contributed by atoms with Gasteiger partial charge >= 0.3 is 0 Å². The van der Waals surface area contributed by atoms with Gasteiger partial charge in [-0.1, -0.05) is 47.7 Å². The molecule has 2 atom stereocenters. The van der Waals surface area contributed by atoms with Crippen molar-refractivity contribution in [3.8, 4) is 0 Å². The summed E-state index contributed by atoms with van der Waals surface area (Å²) >= 11 is 1.57. The number of carbonyl (C=O) groups excluding carboxylic acids is 1. The van der Waals surface area contributed by atoms with Crippen LogP contribution in [0.2, 0.25) is 0 Å². The molecule has 0 unspecified atom stereocenters. The van der Waals surface area contributed by atoms with Crippen molar-refractivity contribution in [3.05, 3.63) is 59.7 Å². The summed E-state index contributed by atoms with van der Waals surface area (Å²) in [5, 5.41) is 0.767. The third-order valence-electron chi connectivity index (χ3n) is 4.99. The normalized spacial score (nSPS) is 18.8. The third-order valence-corrected chi connectivity index (χ3v) is 6.05. The number of amides is 1. The van der Waals surface area contributed by atoms with E-state index >= 15 is 0 Å². The highest BCUT2D eigenvalue weighted by Crippen LogP contribution is 2.50. The summed E-state index contributed by atoms with van der Waals surface area (Å²) in [6.07, 6.45) is 0.915. The van der Waals surface area contributed by atoms with Gasteiger partial charge in [0.1, 0.15) is 0 Å². The lowest BCUT2D eigenvalue weighted by molar-refractivity contribution is -0.120. The standard InChI is InChI=1S/C21H22N2O2S/c1-14-7-3-4-8-15(14)16-13-17(16)20(24)23(11-12-25-2)21-22-18-9-5-6-10-19(18)26-21/h3-10,16-17H,11-13H2,1-2H3/t16-,17+/m0/s1. The summed E-state index contributed by atoms with van der Waals surface area (Å²) in [5.74, 6) is 0.525. The first kappa shape index (κ1) is 17.2. The van der Waals surface area contributed by atoms with Crippen LogP contribution in [0.25, 0.3) is 10.2 Å². The summed E-state index contributed by atoms with van der Waals surface area (Å²) in [5.41, 5.74) is 3.49. The fourth-order valence-electron chi connectivity index (χ4n) is 3.47. The number of ether oxygens (including phenoxy) is 1. The SMILES string of the molecule is COCCN(C(=O)[C@@H]1C[C@H]1c1ccccc1C)c1nc2ccccc2s1. The molecular formula is C21H22N2O2S. The van der Waals surface area contributed by atoms with Crippen molar-refractivity contribution in [2.45, 2.75) is 19.3 Å². The number of aromatic nitrogens is 1. The first-order chi connectivity index (χ1) is 12.7. The molecule has 1 saturated carbocycles. The maximum absolute atomic E-state index is 13.2. The van der Waals surface area contributed by atoms with Gasteiger partial charge in [-0.15, -0.1) is 0 Å². The van der Waals surface area contributed by atoms with Gasteiger partial charge in [0.05, 0.1) is 23.4 Å². The largest absolute Gasteiger partial charge is 0.383 e. The molecular weight excluding hydrogens is 344 g/mol. The zero-order valence-electron chi connectivity index (χ0n) is 15.0. The van der Waals surface area contributed by atoms with Gasteiger partial charge in [-0.2, -0.15) is 0 Å². The van der Waals surface area contributed by atoms with E-state index in [2.05, 4.69) is 30.1 Å². The van der Waals surface area contributed by atoms with E-state index in [1.54, 1.807) is 18.4 Å². The number of para-hydroxylation sites is 1. The van der Waals surface area contributed by atoms with Crippen LogP contribution in [-0.4, -0.2) is 31.2 Å². The number of nitrogens with zero attached hydrogens (tertiary/aromatic N) is 2. The van der Waals surface area contributed by atoms with Gasteiger partial charge in [-0.3, -0.25) is 9.69 Å². The predicted octanol–water partition coefficient (Wildman–Crippen LogP) is 4.39. The molecule has 1 amide bonds. The predicted molar refractivity (Wildman–Crippen MR) is 106 cm³/mol. The van der Waals surface area contributed by atoms with Gasteiger partial charge in [0.15, 0.2) is 5.13 Å². The maximum Gasteiger partial charge on any atom is 0.232 e. The highest BCUT2D eigenvalue weighted by atomic mass is 32.1. The maximum atomic E-state index is 13.2. The summed E-state index contributed by atoms with van der Waals surface area (Å²) in [4.78, 5) is 19.7. The van der Waals surface area contributed by atoms with Crippen molar-refractivity contribution in [1.29, 1.82) is 0 Å². The number of methoxy groups -OCH3 is 1. The minimum Gasteiger partial charge on any atom is -0.383 e. The van der Waals surface area contributed by atoms with Crippen LogP contribution in [0.15, 0.2) is 48.5 Å². The molecule has 4 rings (SSSR count). The van der Waals surface area contributed by atoms with Gasteiger partial charge < -0.3 is 4.74 Å². The summed E-state index contributed by atoms with van der Waals surface area (Å²) in [6, 6.07) is 16.4. The van der Waals surface area contributed by atoms with Gasteiger partial charge in [-0.25, -0.2) is 4.98 Å². The number of carbonyl (C=O) groups is 1. The monoisotopic (exact) mass is 366 g/mol. The smallest absolute Gasteiger partial charge is 0.232 e. The average molecular weight is 366 g/mol. The zero-order valence-corrected chi connectivity index (χ0v) is 15.8. The van der Waals surface area contributed by atoms with Crippen LogP contribution < -0.4 is 4.90 Å². The minimum absolute atomic E-state index is 0.0416. The Morgan fingerprint density at radius 2 is 2.00 bits per heavy atom. The molecule has 0 aliphatic heterocycles. The number of hydrogen-bond acceptors (Lipinski definition) is 4. The molecule has 0 bridgehead atoms. The molecule has 2 aromatic carbocycles. The van der Waals surface area contributed by atoms with Gasteiger partial charge in [0.25, 0.3) is 0 Å². The highest BCUT2D eigenvalue weighted by Gasteiger charge is 2.46. The number of anilines is 1. The molecule has 4 nitrogen and oxygen atoms in total. The van der Waals surface area contributed by atoms with E-state index in [-0.39, 0.29) is 11.8 Å². The molecule has 5 heteroatoms. The third kappa shape index (κ3) is 3.24. The average Bonchev–Trinajstić information content (AvgIpc) is 3.33. The Hall–Kier alpha value is -2.24. The summed E-state index contributed by atoms with van der Waals surface area (Å²) in [7, 11) is 1.66. The number of benzene rings is 2. The first-order valence-corrected chi connectivity index (χ1v) is 9.72. The van der Waals surface area contributed by atoms with Crippen LogP contribution in [-0.2, 0) is 9.53 Å². The Balaban J connectivity index is 1.59. The van der Waals surface area contributed by atoms with Crippen molar-refractivity contribution in [2.24, 2.45) is 5.92 Å². The van der Waals surface area contributed by atoms with Crippen molar-refractivity contribution in [3.63, 3.8) is 0 Å². The lowest BCUT2D eigenvalue weighted by atomic mass is 10.0. The van der Waals surface area contributed by atoms with E-state index in [0.717, 1.165) is 21.8 Å². The molecule has 1 aromatic heterocycles. The second kappa shape index (κ2) is 7.17. The van der Waals surface area contributed by atoms with Crippen molar-refractivity contribution >= 4 is 32.6 Å². The molecule has 0 radical (unpaired) electrons. The van der Waals surface area contributed by atoms with E-state index in [4.69, 9.17) is 4.74 Å². The van der Waals surface area contributed by atoms with E-state index in [0.29, 0.717) is 19.1 Å². The summed E-state index contributed by atoms with van der Waals surface area (Å²) in [6.45, 7) is 3.15. The topological polar surface area (TPSA) is 42.4 Å². The zero-order chi connectivity index (χ0) is 18.1.